The molecule has 1 atom stereocenters. The Labute approximate surface area is 104 Å². The summed E-state index contributed by atoms with van der Waals surface area (Å²) in [6.45, 7) is 1.82. The lowest BCUT2D eigenvalue weighted by atomic mass is 10.3. The minimum absolute atomic E-state index is 0.00502. The first-order chi connectivity index (χ1) is 8.10. The third kappa shape index (κ3) is 10.2. The van der Waals surface area contributed by atoms with Crippen molar-refractivity contribution in [3.63, 3.8) is 0 Å². The van der Waals surface area contributed by atoms with Gasteiger partial charge in [-0.15, -0.1) is 0 Å². The minimum Gasteiger partial charge on any atom is -0.466 e. The summed E-state index contributed by atoms with van der Waals surface area (Å²) in [5, 5.41) is 0. The van der Waals surface area contributed by atoms with Gasteiger partial charge in [0, 0.05) is 27.1 Å². The van der Waals surface area contributed by atoms with Crippen LogP contribution in [0.3, 0.4) is 0 Å². The first-order valence-corrected chi connectivity index (χ1v) is 5.92. The molecule has 5 nitrogen and oxygen atoms in total. The number of hydrogen-bond acceptors (Lipinski definition) is 5. The van der Waals surface area contributed by atoms with Gasteiger partial charge in [0.25, 0.3) is 0 Å². The molecule has 0 saturated heterocycles. The molecule has 0 aliphatic heterocycles. The summed E-state index contributed by atoms with van der Waals surface area (Å²) in [7, 11) is 7.22. The first-order valence-electron chi connectivity index (χ1n) is 5.92. The number of ether oxygens (including phenoxy) is 3. The van der Waals surface area contributed by atoms with Crippen LogP contribution >= 0.6 is 0 Å². The largest absolute Gasteiger partial charge is 0.466 e. The van der Waals surface area contributed by atoms with E-state index in [1.54, 1.807) is 14.2 Å². The highest BCUT2D eigenvalue weighted by Gasteiger charge is 2.09. The maximum Gasteiger partial charge on any atom is 0.305 e. The van der Waals surface area contributed by atoms with Gasteiger partial charge < -0.3 is 19.1 Å². The minimum atomic E-state index is -0.140. The van der Waals surface area contributed by atoms with Gasteiger partial charge in [-0.25, -0.2) is 0 Å². The summed E-state index contributed by atoms with van der Waals surface area (Å²) in [6.07, 6.45) is 1.97. The van der Waals surface area contributed by atoms with E-state index in [9.17, 15) is 4.79 Å². The molecule has 0 saturated carbocycles. The van der Waals surface area contributed by atoms with E-state index in [4.69, 9.17) is 14.2 Å². The van der Waals surface area contributed by atoms with Gasteiger partial charge in [0.05, 0.1) is 19.3 Å². The summed E-state index contributed by atoms with van der Waals surface area (Å²) in [6, 6.07) is 0. The van der Waals surface area contributed by atoms with Gasteiger partial charge in [0.1, 0.15) is 0 Å². The molecule has 0 N–H and O–H groups in total. The number of esters is 1. The van der Waals surface area contributed by atoms with Crippen molar-refractivity contribution in [3.05, 3.63) is 0 Å². The van der Waals surface area contributed by atoms with Crippen molar-refractivity contribution in [2.24, 2.45) is 0 Å². The van der Waals surface area contributed by atoms with E-state index in [-0.39, 0.29) is 12.1 Å². The Bertz CT molecular complexity index is 197. The molecule has 0 rings (SSSR count). The van der Waals surface area contributed by atoms with Gasteiger partial charge >= 0.3 is 5.97 Å². The van der Waals surface area contributed by atoms with Crippen LogP contribution in [0.2, 0.25) is 0 Å². The highest BCUT2D eigenvalue weighted by Crippen LogP contribution is 2.00. The number of carbonyl (C=O) groups excluding carboxylic acids is 1. The lowest BCUT2D eigenvalue weighted by molar-refractivity contribution is -0.144. The van der Waals surface area contributed by atoms with E-state index in [0.717, 1.165) is 13.0 Å². The quantitative estimate of drug-likeness (QED) is 0.537. The third-order valence-electron chi connectivity index (χ3n) is 2.37. The van der Waals surface area contributed by atoms with Crippen molar-refractivity contribution in [2.75, 3.05) is 48.1 Å². The molecular weight excluding hydrogens is 222 g/mol. The summed E-state index contributed by atoms with van der Waals surface area (Å²) in [5.41, 5.74) is 0. The Morgan fingerprint density at radius 3 is 2.53 bits per heavy atom. The zero-order valence-corrected chi connectivity index (χ0v) is 11.4. The summed E-state index contributed by atoms with van der Waals surface area (Å²) in [5.74, 6) is -0.140. The van der Waals surface area contributed by atoms with E-state index in [2.05, 4.69) is 0 Å². The normalized spacial score (nSPS) is 12.8. The molecular formula is C12H25NO4. The van der Waals surface area contributed by atoms with Crippen LogP contribution in [0.15, 0.2) is 0 Å². The molecule has 0 heterocycles. The van der Waals surface area contributed by atoms with Crippen LogP contribution in [-0.2, 0) is 19.0 Å². The van der Waals surface area contributed by atoms with Crippen LogP contribution in [0.4, 0.5) is 0 Å². The van der Waals surface area contributed by atoms with Crippen molar-refractivity contribution < 1.29 is 19.0 Å². The average Bonchev–Trinajstić information content (AvgIpc) is 2.27. The highest BCUT2D eigenvalue weighted by molar-refractivity contribution is 5.69. The van der Waals surface area contributed by atoms with E-state index in [1.165, 1.54) is 0 Å². The van der Waals surface area contributed by atoms with Gasteiger partial charge in [-0.1, -0.05) is 0 Å². The lowest BCUT2D eigenvalue weighted by Gasteiger charge is -2.14. The lowest BCUT2D eigenvalue weighted by Crippen LogP contribution is -2.21. The molecule has 0 aromatic rings. The summed E-state index contributed by atoms with van der Waals surface area (Å²) in [4.78, 5) is 13.4. The highest BCUT2D eigenvalue weighted by atomic mass is 16.5. The monoisotopic (exact) mass is 247 g/mol. The van der Waals surface area contributed by atoms with Crippen LogP contribution in [0.5, 0.6) is 0 Å². The average molecular weight is 247 g/mol. The molecule has 0 bridgehead atoms. The fraction of sp³-hybridized carbons (Fsp3) is 0.917. The maximum absolute atomic E-state index is 11.3. The summed E-state index contributed by atoms with van der Waals surface area (Å²) >= 11 is 0. The van der Waals surface area contributed by atoms with Crippen molar-refractivity contribution in [2.45, 2.75) is 25.4 Å². The van der Waals surface area contributed by atoms with Crippen LogP contribution < -0.4 is 0 Å². The van der Waals surface area contributed by atoms with E-state index in [1.807, 2.05) is 19.0 Å². The second-order valence-electron chi connectivity index (χ2n) is 4.23. The molecule has 0 amide bonds. The third-order valence-corrected chi connectivity index (χ3v) is 2.37. The van der Waals surface area contributed by atoms with Gasteiger partial charge in [0.15, 0.2) is 0 Å². The van der Waals surface area contributed by atoms with Crippen LogP contribution in [0.25, 0.3) is 0 Å². The molecule has 0 aromatic carbocycles. The second-order valence-corrected chi connectivity index (χ2v) is 4.23. The summed E-state index contributed by atoms with van der Waals surface area (Å²) < 4.78 is 15.2. The van der Waals surface area contributed by atoms with Gasteiger partial charge in [-0.2, -0.15) is 0 Å². The number of carbonyl (C=O) groups is 1. The Hall–Kier alpha value is -0.650. The molecule has 17 heavy (non-hydrogen) atoms. The zero-order valence-electron chi connectivity index (χ0n) is 11.4. The van der Waals surface area contributed by atoms with Gasteiger partial charge in [-0.3, -0.25) is 4.79 Å². The molecule has 0 aromatic heterocycles. The Morgan fingerprint density at radius 1 is 1.29 bits per heavy atom. The zero-order chi connectivity index (χ0) is 13.1. The Balaban J connectivity index is 3.49. The molecule has 0 aliphatic carbocycles. The molecule has 0 fully saturated rings. The Morgan fingerprint density at radius 2 is 2.00 bits per heavy atom. The SMILES string of the molecule is COCC(CCOC(=O)CCCN(C)C)OC. The molecule has 102 valence electrons. The first kappa shape index (κ1) is 16.4. The van der Waals surface area contributed by atoms with Crippen LogP contribution in [0, 0.1) is 0 Å². The van der Waals surface area contributed by atoms with E-state index >= 15 is 0 Å². The van der Waals surface area contributed by atoms with Crippen molar-refractivity contribution in [1.82, 2.24) is 4.90 Å². The van der Waals surface area contributed by atoms with Crippen molar-refractivity contribution >= 4 is 5.97 Å². The number of methoxy groups -OCH3 is 2. The fourth-order valence-corrected chi connectivity index (χ4v) is 1.37. The van der Waals surface area contributed by atoms with Crippen molar-refractivity contribution in [1.29, 1.82) is 0 Å². The standard InChI is InChI=1S/C12H25NO4/c1-13(2)8-5-6-12(14)17-9-7-11(16-4)10-15-3/h11H,5-10H2,1-4H3. The smallest absolute Gasteiger partial charge is 0.305 e. The van der Waals surface area contributed by atoms with Gasteiger partial charge in [-0.05, 0) is 27.1 Å². The van der Waals surface area contributed by atoms with E-state index < -0.39 is 0 Å². The second kappa shape index (κ2) is 10.5. The van der Waals surface area contributed by atoms with Gasteiger partial charge in [0.2, 0.25) is 0 Å². The predicted octanol–water partition coefficient (Wildman–Crippen LogP) is 0.923. The predicted molar refractivity (Wildman–Crippen MR) is 66.0 cm³/mol. The number of hydrogen-bond donors (Lipinski definition) is 0. The Kier molecular flexibility index (Phi) is 10.1. The van der Waals surface area contributed by atoms with Crippen LogP contribution in [-0.4, -0.2) is 65.0 Å². The van der Waals surface area contributed by atoms with Crippen LogP contribution in [0.1, 0.15) is 19.3 Å². The molecule has 1 unspecified atom stereocenters. The number of nitrogens with zero attached hydrogens (tertiary/aromatic N) is 1. The molecule has 0 aliphatic rings. The van der Waals surface area contributed by atoms with Crippen molar-refractivity contribution in [3.8, 4) is 0 Å². The molecule has 0 spiro atoms. The molecule has 5 heteroatoms. The topological polar surface area (TPSA) is 48.0 Å². The molecule has 0 radical (unpaired) electrons. The number of rotatable bonds is 10. The van der Waals surface area contributed by atoms with E-state index in [0.29, 0.717) is 26.1 Å². The fourth-order valence-electron chi connectivity index (χ4n) is 1.37. The maximum atomic E-state index is 11.3.